The van der Waals surface area contributed by atoms with Crippen molar-refractivity contribution in [1.82, 2.24) is 10.6 Å². The average molecular weight is 416 g/mol. The Labute approximate surface area is 179 Å². The lowest BCUT2D eigenvalue weighted by molar-refractivity contribution is 0.0646. The Hall–Kier alpha value is -2.93. The summed E-state index contributed by atoms with van der Waals surface area (Å²) in [5.74, 6) is 2.76. The van der Waals surface area contributed by atoms with Gasteiger partial charge in [0.15, 0.2) is 5.96 Å². The van der Waals surface area contributed by atoms with Crippen LogP contribution < -0.4 is 24.8 Å². The summed E-state index contributed by atoms with van der Waals surface area (Å²) in [7, 11) is 6.61. The highest BCUT2D eigenvalue weighted by Crippen LogP contribution is 2.33. The summed E-state index contributed by atoms with van der Waals surface area (Å²) < 4.78 is 22.2. The lowest BCUT2D eigenvalue weighted by atomic mass is 10.1. The Morgan fingerprint density at radius 3 is 2.20 bits per heavy atom. The first-order chi connectivity index (χ1) is 14.6. The van der Waals surface area contributed by atoms with E-state index >= 15 is 0 Å². The highest BCUT2D eigenvalue weighted by atomic mass is 16.5. The molecule has 164 valence electrons. The van der Waals surface area contributed by atoms with Gasteiger partial charge in [0.1, 0.15) is 17.2 Å². The van der Waals surface area contributed by atoms with Gasteiger partial charge in [0, 0.05) is 32.3 Å². The number of benzene rings is 2. The molecule has 1 atom stereocenters. The quantitative estimate of drug-likeness (QED) is 0.332. The first kappa shape index (κ1) is 23.3. The summed E-state index contributed by atoms with van der Waals surface area (Å²) in [5, 5.41) is 6.60. The zero-order chi connectivity index (χ0) is 21.8. The minimum Gasteiger partial charge on any atom is -0.496 e. The fourth-order valence-electron chi connectivity index (χ4n) is 3.00. The maximum absolute atomic E-state index is 5.91. The van der Waals surface area contributed by atoms with Crippen molar-refractivity contribution in [3.8, 4) is 17.2 Å². The normalized spacial score (nSPS) is 12.2. The predicted molar refractivity (Wildman–Crippen MR) is 120 cm³/mol. The van der Waals surface area contributed by atoms with E-state index in [4.69, 9.17) is 18.9 Å². The number of rotatable bonds is 11. The van der Waals surface area contributed by atoms with Gasteiger partial charge in [-0.3, -0.25) is 4.99 Å². The number of nitrogens with one attached hydrogen (secondary N) is 2. The molecule has 2 rings (SSSR count). The first-order valence-electron chi connectivity index (χ1n) is 10.0. The van der Waals surface area contributed by atoms with E-state index in [2.05, 4.69) is 34.7 Å². The van der Waals surface area contributed by atoms with Crippen LogP contribution >= 0.6 is 0 Å². The number of aliphatic imine (C=N–C) groups is 1. The number of methoxy groups -OCH3 is 3. The molecule has 0 aliphatic carbocycles. The highest BCUT2D eigenvalue weighted by molar-refractivity contribution is 5.79. The van der Waals surface area contributed by atoms with Crippen molar-refractivity contribution in [3.05, 3.63) is 53.6 Å². The molecular weight excluding hydrogens is 382 g/mol. The molecule has 7 heteroatoms. The van der Waals surface area contributed by atoms with Crippen LogP contribution in [0.15, 0.2) is 47.5 Å². The molecule has 0 aliphatic rings. The van der Waals surface area contributed by atoms with E-state index in [0.29, 0.717) is 36.4 Å². The van der Waals surface area contributed by atoms with Gasteiger partial charge in [-0.15, -0.1) is 0 Å². The lowest BCUT2D eigenvalue weighted by Gasteiger charge is -2.17. The molecule has 30 heavy (non-hydrogen) atoms. The van der Waals surface area contributed by atoms with Crippen LogP contribution in [0.1, 0.15) is 30.6 Å². The number of guanidine groups is 1. The summed E-state index contributed by atoms with van der Waals surface area (Å²) in [6, 6.07) is 13.9. The largest absolute Gasteiger partial charge is 0.496 e. The molecule has 0 spiro atoms. The lowest BCUT2D eigenvalue weighted by Crippen LogP contribution is -2.37. The molecule has 0 fully saturated rings. The second-order valence-electron chi connectivity index (χ2n) is 6.64. The molecular formula is C23H33N3O4. The third-order valence-corrected chi connectivity index (χ3v) is 4.72. The zero-order valence-corrected chi connectivity index (χ0v) is 18.5. The van der Waals surface area contributed by atoms with Crippen LogP contribution in [0.5, 0.6) is 17.2 Å². The number of hydrogen-bond acceptors (Lipinski definition) is 5. The number of hydrogen-bond donors (Lipinski definition) is 2. The molecule has 7 nitrogen and oxygen atoms in total. The second-order valence-corrected chi connectivity index (χ2v) is 6.64. The molecule has 0 aliphatic heterocycles. The molecule has 0 saturated heterocycles. The molecule has 0 amide bonds. The van der Waals surface area contributed by atoms with Gasteiger partial charge in [0.2, 0.25) is 0 Å². The van der Waals surface area contributed by atoms with Gasteiger partial charge >= 0.3 is 0 Å². The fourth-order valence-corrected chi connectivity index (χ4v) is 3.00. The van der Waals surface area contributed by atoms with Crippen molar-refractivity contribution >= 4 is 5.96 Å². The fraction of sp³-hybridized carbons (Fsp3) is 0.435. The maximum atomic E-state index is 5.91. The van der Waals surface area contributed by atoms with Crippen molar-refractivity contribution in [3.63, 3.8) is 0 Å². The van der Waals surface area contributed by atoms with E-state index in [0.717, 1.165) is 18.5 Å². The van der Waals surface area contributed by atoms with E-state index in [1.54, 1.807) is 28.4 Å². The molecule has 0 aromatic heterocycles. The van der Waals surface area contributed by atoms with Crippen molar-refractivity contribution in [2.45, 2.75) is 26.0 Å². The topological polar surface area (TPSA) is 73.3 Å². The smallest absolute Gasteiger partial charge is 0.191 e. The van der Waals surface area contributed by atoms with Crippen LogP contribution in [0.2, 0.25) is 0 Å². The third-order valence-electron chi connectivity index (χ3n) is 4.72. The van der Waals surface area contributed by atoms with Crippen molar-refractivity contribution in [2.24, 2.45) is 4.99 Å². The van der Waals surface area contributed by atoms with Crippen LogP contribution in [0.25, 0.3) is 0 Å². The Kier molecular flexibility index (Phi) is 9.80. The second kappa shape index (κ2) is 12.6. The summed E-state index contributed by atoms with van der Waals surface area (Å²) >= 11 is 0. The maximum Gasteiger partial charge on any atom is 0.191 e. The minimum atomic E-state index is 0.0821. The van der Waals surface area contributed by atoms with Gasteiger partial charge in [-0.05, 0) is 18.9 Å². The van der Waals surface area contributed by atoms with Gasteiger partial charge < -0.3 is 29.6 Å². The highest BCUT2D eigenvalue weighted by Gasteiger charge is 2.13. The van der Waals surface area contributed by atoms with Crippen LogP contribution in [0, 0.1) is 0 Å². The standard InChI is InChI=1S/C23H33N3O4/c1-17(18-10-7-6-8-11-18)30-13-9-12-25-23(24-2)26-16-20-21(28-4)14-19(27-3)15-22(20)29-5/h6-8,10-11,14-15,17H,9,12-13,16H2,1-5H3,(H2,24,25,26). The summed E-state index contributed by atoms with van der Waals surface area (Å²) in [4.78, 5) is 4.28. The Bertz CT molecular complexity index is 771. The average Bonchev–Trinajstić information content (AvgIpc) is 2.80. The Morgan fingerprint density at radius 1 is 0.967 bits per heavy atom. The van der Waals surface area contributed by atoms with Gasteiger partial charge in [-0.2, -0.15) is 0 Å². The van der Waals surface area contributed by atoms with Gasteiger partial charge in [-0.1, -0.05) is 30.3 Å². The molecule has 2 aromatic carbocycles. The molecule has 0 bridgehead atoms. The monoisotopic (exact) mass is 415 g/mol. The van der Waals surface area contributed by atoms with Crippen molar-refractivity contribution in [2.75, 3.05) is 41.5 Å². The Morgan fingerprint density at radius 2 is 1.63 bits per heavy atom. The van der Waals surface area contributed by atoms with Gasteiger partial charge in [0.05, 0.1) is 39.5 Å². The molecule has 0 radical (unpaired) electrons. The SMILES string of the molecule is CN=C(NCCCOC(C)c1ccccc1)NCc1c(OC)cc(OC)cc1OC. The molecule has 0 heterocycles. The van der Waals surface area contributed by atoms with Crippen LogP contribution in [0.3, 0.4) is 0 Å². The third kappa shape index (κ3) is 6.84. The van der Waals surface area contributed by atoms with E-state index < -0.39 is 0 Å². The van der Waals surface area contributed by atoms with E-state index in [1.807, 2.05) is 30.3 Å². The molecule has 2 aromatic rings. The summed E-state index contributed by atoms with van der Waals surface area (Å²) in [5.41, 5.74) is 2.08. The summed E-state index contributed by atoms with van der Waals surface area (Å²) in [6.07, 6.45) is 0.950. The first-order valence-corrected chi connectivity index (χ1v) is 10.0. The summed E-state index contributed by atoms with van der Waals surface area (Å²) in [6.45, 7) is 3.98. The van der Waals surface area contributed by atoms with Crippen LogP contribution in [-0.2, 0) is 11.3 Å². The predicted octanol–water partition coefficient (Wildman–Crippen LogP) is 3.55. The minimum absolute atomic E-state index is 0.0821. The van der Waals surface area contributed by atoms with Crippen LogP contribution in [0.4, 0.5) is 0 Å². The molecule has 2 N–H and O–H groups in total. The van der Waals surface area contributed by atoms with Gasteiger partial charge in [0.25, 0.3) is 0 Å². The van der Waals surface area contributed by atoms with Crippen LogP contribution in [-0.4, -0.2) is 47.5 Å². The van der Waals surface area contributed by atoms with E-state index in [1.165, 1.54) is 5.56 Å². The number of ether oxygens (including phenoxy) is 4. The van der Waals surface area contributed by atoms with E-state index in [-0.39, 0.29) is 6.10 Å². The van der Waals surface area contributed by atoms with Gasteiger partial charge in [-0.25, -0.2) is 0 Å². The Balaban J connectivity index is 1.80. The van der Waals surface area contributed by atoms with Crippen molar-refractivity contribution in [1.29, 1.82) is 0 Å². The van der Waals surface area contributed by atoms with E-state index in [9.17, 15) is 0 Å². The zero-order valence-electron chi connectivity index (χ0n) is 18.5. The molecule has 0 saturated carbocycles. The van der Waals surface area contributed by atoms with Crippen molar-refractivity contribution < 1.29 is 18.9 Å². The molecule has 1 unspecified atom stereocenters. The number of nitrogens with zero attached hydrogens (tertiary/aromatic N) is 1.